The first-order valence-corrected chi connectivity index (χ1v) is 5.48. The van der Waals surface area contributed by atoms with Gasteiger partial charge in [-0.15, -0.1) is 0 Å². The topological polar surface area (TPSA) is 75.1 Å². The van der Waals surface area contributed by atoms with Crippen molar-refractivity contribution >= 4 is 11.8 Å². The van der Waals surface area contributed by atoms with E-state index in [0.29, 0.717) is 12.6 Å². The summed E-state index contributed by atoms with van der Waals surface area (Å²) in [4.78, 5) is 18.4. The highest BCUT2D eigenvalue weighted by atomic mass is 19.4. The van der Waals surface area contributed by atoms with Gasteiger partial charge in [0.15, 0.2) is 0 Å². The van der Waals surface area contributed by atoms with E-state index >= 15 is 0 Å². The Labute approximate surface area is 107 Å². The number of anilines is 1. The van der Waals surface area contributed by atoms with Crippen LogP contribution in [-0.2, 0) is 4.79 Å². The minimum atomic E-state index is -4.96. The van der Waals surface area contributed by atoms with Crippen LogP contribution in [0.25, 0.3) is 0 Å². The first kappa shape index (κ1) is 15.2. The average Bonchev–Trinajstić information content (AvgIpc) is 2.27. The summed E-state index contributed by atoms with van der Waals surface area (Å²) in [6.07, 6.45) is -3.86. The van der Waals surface area contributed by atoms with Crippen LogP contribution in [0.2, 0.25) is 0 Å². The molecule has 2 N–H and O–H groups in total. The van der Waals surface area contributed by atoms with Crippen LogP contribution in [0, 0.1) is 0 Å². The summed E-state index contributed by atoms with van der Waals surface area (Å²) in [5, 5.41) is 10.7. The molecule has 5 nitrogen and oxygen atoms in total. The molecule has 1 heterocycles. The van der Waals surface area contributed by atoms with Gasteiger partial charge < -0.3 is 10.4 Å². The highest BCUT2D eigenvalue weighted by Gasteiger charge is 2.57. The third-order valence-electron chi connectivity index (χ3n) is 2.65. The van der Waals surface area contributed by atoms with Crippen molar-refractivity contribution in [1.29, 1.82) is 0 Å². The summed E-state index contributed by atoms with van der Waals surface area (Å²) < 4.78 is 38.4. The van der Waals surface area contributed by atoms with E-state index in [9.17, 15) is 18.0 Å². The van der Waals surface area contributed by atoms with Crippen molar-refractivity contribution in [2.45, 2.75) is 38.4 Å². The maximum atomic E-state index is 12.8. The van der Waals surface area contributed by atoms with Crippen LogP contribution in [0.1, 0.15) is 32.4 Å². The Morgan fingerprint density at radius 1 is 1.37 bits per heavy atom. The van der Waals surface area contributed by atoms with E-state index in [4.69, 9.17) is 5.11 Å². The van der Waals surface area contributed by atoms with Gasteiger partial charge in [-0.1, -0.05) is 13.8 Å². The van der Waals surface area contributed by atoms with Gasteiger partial charge in [-0.3, -0.25) is 0 Å². The quantitative estimate of drug-likeness (QED) is 0.884. The minimum absolute atomic E-state index is 0.00878. The summed E-state index contributed by atoms with van der Waals surface area (Å²) in [7, 11) is 0. The molecule has 1 rings (SSSR count). The number of hydrogen-bond acceptors (Lipinski definition) is 4. The molecule has 1 unspecified atom stereocenters. The fourth-order valence-corrected chi connectivity index (χ4v) is 1.26. The molecular formula is C11H14F3N3O2. The lowest BCUT2D eigenvalue weighted by atomic mass is 10.0. The molecule has 1 aromatic rings. The predicted molar refractivity (Wildman–Crippen MR) is 61.8 cm³/mol. The van der Waals surface area contributed by atoms with E-state index in [-0.39, 0.29) is 11.7 Å². The lowest BCUT2D eigenvalue weighted by Gasteiger charge is -2.29. The molecule has 0 aromatic carbocycles. The Kier molecular flexibility index (Phi) is 4.02. The normalized spacial score (nSPS) is 15.1. The zero-order valence-corrected chi connectivity index (χ0v) is 10.6. The Bertz CT molecular complexity index is 476. The second kappa shape index (κ2) is 5.02. The third kappa shape index (κ3) is 3.12. The van der Waals surface area contributed by atoms with Crippen LogP contribution in [-0.4, -0.2) is 32.8 Å². The lowest BCUT2D eigenvalue weighted by molar-refractivity contribution is -0.192. The number of aromatic nitrogens is 2. The monoisotopic (exact) mass is 277 g/mol. The van der Waals surface area contributed by atoms with Gasteiger partial charge in [0, 0.05) is 11.8 Å². The summed E-state index contributed by atoms with van der Waals surface area (Å²) in [6.45, 7) is 4.17. The molecule has 0 spiro atoms. The van der Waals surface area contributed by atoms with Crippen molar-refractivity contribution in [3.63, 3.8) is 0 Å². The molecule has 1 atom stereocenters. The van der Waals surface area contributed by atoms with Gasteiger partial charge in [0.25, 0.3) is 0 Å². The van der Waals surface area contributed by atoms with Crippen molar-refractivity contribution < 1.29 is 23.1 Å². The van der Waals surface area contributed by atoms with Crippen molar-refractivity contribution in [3.05, 3.63) is 18.1 Å². The number of alkyl halides is 3. The van der Waals surface area contributed by atoms with Crippen LogP contribution >= 0.6 is 0 Å². The molecule has 0 aliphatic heterocycles. The van der Waals surface area contributed by atoms with Crippen molar-refractivity contribution in [1.82, 2.24) is 9.97 Å². The Hall–Kier alpha value is -1.86. The number of nitrogens with one attached hydrogen (secondary N) is 1. The SMILES string of the molecule is CC(C)c1cc(NC(C)(C(=O)O)C(F)(F)F)ncn1. The largest absolute Gasteiger partial charge is 0.479 e. The van der Waals surface area contributed by atoms with Gasteiger partial charge in [0.2, 0.25) is 5.54 Å². The first-order chi connectivity index (χ1) is 8.58. The highest BCUT2D eigenvalue weighted by Crippen LogP contribution is 2.33. The van der Waals surface area contributed by atoms with Gasteiger partial charge in [-0.05, 0) is 12.8 Å². The summed E-state index contributed by atoms with van der Waals surface area (Å²) in [5.74, 6) is -2.21. The van der Waals surface area contributed by atoms with Crippen molar-refractivity contribution in [2.75, 3.05) is 5.32 Å². The molecule has 0 fully saturated rings. The van der Waals surface area contributed by atoms with Crippen molar-refractivity contribution in [2.24, 2.45) is 0 Å². The smallest absolute Gasteiger partial charge is 0.422 e. The highest BCUT2D eigenvalue weighted by molar-refractivity contribution is 5.83. The molecule has 0 saturated heterocycles. The number of halogens is 3. The second-order valence-electron chi connectivity index (χ2n) is 4.54. The van der Waals surface area contributed by atoms with Crippen LogP contribution < -0.4 is 5.32 Å². The van der Waals surface area contributed by atoms with Gasteiger partial charge in [0.05, 0.1) is 0 Å². The van der Waals surface area contributed by atoms with Crippen LogP contribution in [0.15, 0.2) is 12.4 Å². The van der Waals surface area contributed by atoms with E-state index in [1.54, 1.807) is 0 Å². The maximum absolute atomic E-state index is 12.8. The van der Waals surface area contributed by atoms with E-state index in [0.717, 1.165) is 6.33 Å². The zero-order chi connectivity index (χ0) is 14.8. The number of hydrogen-bond donors (Lipinski definition) is 2. The Morgan fingerprint density at radius 2 is 1.95 bits per heavy atom. The molecule has 0 radical (unpaired) electrons. The van der Waals surface area contributed by atoms with E-state index in [2.05, 4.69) is 9.97 Å². The van der Waals surface area contributed by atoms with Gasteiger partial charge in [0.1, 0.15) is 12.1 Å². The maximum Gasteiger partial charge on any atom is 0.422 e. The summed E-state index contributed by atoms with van der Waals surface area (Å²) in [5.41, 5.74) is -2.58. The van der Waals surface area contributed by atoms with Crippen LogP contribution in [0.4, 0.5) is 19.0 Å². The number of nitrogens with zero attached hydrogens (tertiary/aromatic N) is 2. The van der Waals surface area contributed by atoms with Gasteiger partial charge >= 0.3 is 12.1 Å². The molecule has 0 bridgehead atoms. The number of carboxylic acids is 1. The lowest BCUT2D eigenvalue weighted by Crippen LogP contribution is -2.55. The molecule has 19 heavy (non-hydrogen) atoms. The molecule has 0 saturated carbocycles. The van der Waals surface area contributed by atoms with Crippen molar-refractivity contribution in [3.8, 4) is 0 Å². The van der Waals surface area contributed by atoms with E-state index < -0.39 is 17.7 Å². The number of carboxylic acid groups (broad SMARTS) is 1. The molecule has 1 aromatic heterocycles. The van der Waals surface area contributed by atoms with Gasteiger partial charge in [-0.25, -0.2) is 14.8 Å². The molecule has 0 aliphatic rings. The molecule has 106 valence electrons. The number of carbonyl (C=O) groups is 1. The average molecular weight is 277 g/mol. The van der Waals surface area contributed by atoms with Crippen LogP contribution in [0.3, 0.4) is 0 Å². The molecule has 0 aliphatic carbocycles. The standard InChI is InChI=1S/C11H14F3N3O2/c1-6(2)7-4-8(16-5-15-7)17-10(3,9(18)19)11(12,13)14/h4-6H,1-3H3,(H,18,19)(H,15,16,17). The minimum Gasteiger partial charge on any atom is -0.479 e. The Balaban J connectivity index is 3.11. The summed E-state index contributed by atoms with van der Waals surface area (Å²) >= 11 is 0. The van der Waals surface area contributed by atoms with E-state index in [1.807, 2.05) is 19.2 Å². The zero-order valence-electron chi connectivity index (χ0n) is 10.6. The summed E-state index contributed by atoms with van der Waals surface area (Å²) in [6, 6.07) is 1.30. The van der Waals surface area contributed by atoms with E-state index in [1.165, 1.54) is 6.07 Å². The fraction of sp³-hybridized carbons (Fsp3) is 0.545. The number of aliphatic carboxylic acids is 1. The molecule has 0 amide bonds. The first-order valence-electron chi connectivity index (χ1n) is 5.48. The second-order valence-corrected chi connectivity index (χ2v) is 4.54. The van der Waals surface area contributed by atoms with Crippen LogP contribution in [0.5, 0.6) is 0 Å². The Morgan fingerprint density at radius 3 is 2.37 bits per heavy atom. The number of rotatable bonds is 4. The molecular weight excluding hydrogens is 263 g/mol. The molecule has 8 heteroatoms. The predicted octanol–water partition coefficient (Wildman–Crippen LogP) is 2.42. The third-order valence-corrected chi connectivity index (χ3v) is 2.65. The van der Waals surface area contributed by atoms with Gasteiger partial charge in [-0.2, -0.15) is 13.2 Å². The fourth-order valence-electron chi connectivity index (χ4n) is 1.26.